The minimum Gasteiger partial charge on any atom is -0.396 e. The Hall–Kier alpha value is -1.43. The number of aliphatic hydroxyl groups is 1. The highest BCUT2D eigenvalue weighted by molar-refractivity contribution is 5.76. The number of carbonyl (C=O) groups is 1. The van der Waals surface area contributed by atoms with E-state index in [1.807, 2.05) is 0 Å². The van der Waals surface area contributed by atoms with Gasteiger partial charge in [-0.1, -0.05) is 24.3 Å². The van der Waals surface area contributed by atoms with Crippen LogP contribution in [-0.4, -0.2) is 41.7 Å². The number of aliphatic hydroxyl groups excluding tert-OH is 1. The number of hydrogen-bond donors (Lipinski definition) is 3. The van der Waals surface area contributed by atoms with E-state index >= 15 is 0 Å². The van der Waals surface area contributed by atoms with Crippen molar-refractivity contribution in [3.63, 3.8) is 0 Å². The minimum absolute atomic E-state index is 0.00219. The van der Waals surface area contributed by atoms with Crippen molar-refractivity contribution >= 4 is 5.91 Å². The fourth-order valence-corrected chi connectivity index (χ4v) is 3.83. The first-order valence-corrected chi connectivity index (χ1v) is 9.09. The fourth-order valence-electron chi connectivity index (χ4n) is 3.83. The molecule has 1 aliphatic carbocycles. The van der Waals surface area contributed by atoms with Gasteiger partial charge in [-0.05, 0) is 49.3 Å². The van der Waals surface area contributed by atoms with Crippen LogP contribution in [0.3, 0.4) is 0 Å². The maximum atomic E-state index is 11.4. The van der Waals surface area contributed by atoms with E-state index < -0.39 is 0 Å². The van der Waals surface area contributed by atoms with Gasteiger partial charge >= 0.3 is 0 Å². The molecule has 3 unspecified atom stereocenters. The maximum absolute atomic E-state index is 11.4. The Morgan fingerprint density at radius 2 is 2.12 bits per heavy atom. The van der Waals surface area contributed by atoms with E-state index in [-0.39, 0.29) is 18.4 Å². The van der Waals surface area contributed by atoms with Crippen LogP contribution < -0.4 is 11.1 Å². The van der Waals surface area contributed by atoms with Crippen molar-refractivity contribution in [2.24, 2.45) is 17.6 Å². The Morgan fingerprint density at radius 3 is 2.83 bits per heavy atom. The van der Waals surface area contributed by atoms with Gasteiger partial charge in [0.25, 0.3) is 0 Å². The second kappa shape index (κ2) is 8.10. The molecule has 4 N–H and O–H groups in total. The molecule has 1 saturated carbocycles. The van der Waals surface area contributed by atoms with E-state index in [1.54, 1.807) is 0 Å². The Balaban J connectivity index is 1.52. The van der Waals surface area contributed by atoms with Gasteiger partial charge in [-0.15, -0.1) is 0 Å². The van der Waals surface area contributed by atoms with E-state index in [0.29, 0.717) is 12.0 Å². The highest BCUT2D eigenvalue weighted by Crippen LogP contribution is 2.27. The zero-order valence-corrected chi connectivity index (χ0v) is 14.3. The second-order valence-electron chi connectivity index (χ2n) is 7.30. The van der Waals surface area contributed by atoms with E-state index in [9.17, 15) is 9.90 Å². The molecule has 2 aliphatic rings. The largest absolute Gasteiger partial charge is 0.396 e. The molecule has 1 amide bonds. The highest BCUT2D eigenvalue weighted by Gasteiger charge is 2.29. The summed E-state index contributed by atoms with van der Waals surface area (Å²) >= 11 is 0. The lowest BCUT2D eigenvalue weighted by Crippen LogP contribution is -2.45. The van der Waals surface area contributed by atoms with Crippen LogP contribution in [-0.2, 0) is 17.9 Å². The lowest BCUT2D eigenvalue weighted by Gasteiger charge is -2.36. The third-order valence-electron chi connectivity index (χ3n) is 5.53. The number of benzene rings is 1. The SMILES string of the molecule is NC(=O)C1CCCN(Cc2cccc(CNC3CCC3CO)c2)C1. The van der Waals surface area contributed by atoms with Crippen molar-refractivity contribution < 1.29 is 9.90 Å². The first-order valence-electron chi connectivity index (χ1n) is 9.09. The van der Waals surface area contributed by atoms with E-state index in [4.69, 9.17) is 5.73 Å². The second-order valence-corrected chi connectivity index (χ2v) is 7.30. The predicted octanol–water partition coefficient (Wildman–Crippen LogP) is 1.24. The summed E-state index contributed by atoms with van der Waals surface area (Å²) in [6.45, 7) is 3.82. The molecular formula is C19H29N3O2. The van der Waals surface area contributed by atoms with Gasteiger partial charge in [0, 0.05) is 32.3 Å². The van der Waals surface area contributed by atoms with Crippen molar-refractivity contribution in [3.05, 3.63) is 35.4 Å². The van der Waals surface area contributed by atoms with Gasteiger partial charge in [0.05, 0.1) is 5.92 Å². The number of likely N-dealkylation sites (tertiary alicyclic amines) is 1. The molecule has 1 aliphatic heterocycles. The predicted molar refractivity (Wildman–Crippen MR) is 94.1 cm³/mol. The van der Waals surface area contributed by atoms with Crippen LogP contribution in [0.25, 0.3) is 0 Å². The summed E-state index contributed by atoms with van der Waals surface area (Å²) < 4.78 is 0. The molecule has 2 fully saturated rings. The molecule has 5 heteroatoms. The summed E-state index contributed by atoms with van der Waals surface area (Å²) in [5, 5.41) is 12.8. The van der Waals surface area contributed by atoms with Crippen LogP contribution in [0.2, 0.25) is 0 Å². The zero-order chi connectivity index (χ0) is 16.9. The molecule has 1 aromatic carbocycles. The van der Waals surface area contributed by atoms with Crippen LogP contribution in [0, 0.1) is 11.8 Å². The molecule has 0 spiro atoms. The Kier molecular flexibility index (Phi) is 5.87. The molecule has 3 atom stereocenters. The van der Waals surface area contributed by atoms with E-state index in [0.717, 1.165) is 51.9 Å². The van der Waals surface area contributed by atoms with Gasteiger partial charge in [0.2, 0.25) is 5.91 Å². The highest BCUT2D eigenvalue weighted by atomic mass is 16.3. The summed E-state index contributed by atoms with van der Waals surface area (Å²) in [7, 11) is 0. The lowest BCUT2D eigenvalue weighted by molar-refractivity contribution is -0.123. The molecule has 1 aromatic rings. The third kappa shape index (κ3) is 4.35. The van der Waals surface area contributed by atoms with Gasteiger partial charge < -0.3 is 16.2 Å². The van der Waals surface area contributed by atoms with Crippen LogP contribution in [0.4, 0.5) is 0 Å². The van der Waals surface area contributed by atoms with E-state index in [2.05, 4.69) is 34.5 Å². The third-order valence-corrected chi connectivity index (χ3v) is 5.53. The van der Waals surface area contributed by atoms with Crippen LogP contribution in [0.5, 0.6) is 0 Å². The number of nitrogens with one attached hydrogen (secondary N) is 1. The number of carbonyl (C=O) groups excluding carboxylic acids is 1. The quantitative estimate of drug-likeness (QED) is 0.702. The number of nitrogens with two attached hydrogens (primary N) is 1. The van der Waals surface area contributed by atoms with Crippen LogP contribution >= 0.6 is 0 Å². The number of nitrogens with zero attached hydrogens (tertiary/aromatic N) is 1. The monoisotopic (exact) mass is 331 g/mol. The van der Waals surface area contributed by atoms with Crippen LogP contribution in [0.1, 0.15) is 36.8 Å². The summed E-state index contributed by atoms with van der Waals surface area (Å²) in [5.41, 5.74) is 8.03. The molecule has 0 aromatic heterocycles. The topological polar surface area (TPSA) is 78.6 Å². The van der Waals surface area contributed by atoms with Crippen molar-refractivity contribution in [2.45, 2.75) is 44.8 Å². The van der Waals surface area contributed by atoms with Gasteiger partial charge in [-0.25, -0.2) is 0 Å². The maximum Gasteiger partial charge on any atom is 0.221 e. The summed E-state index contributed by atoms with van der Waals surface area (Å²) in [4.78, 5) is 13.7. The van der Waals surface area contributed by atoms with Gasteiger partial charge in [0.1, 0.15) is 0 Å². The Morgan fingerprint density at radius 1 is 1.29 bits per heavy atom. The zero-order valence-electron chi connectivity index (χ0n) is 14.3. The lowest BCUT2D eigenvalue weighted by atomic mass is 9.80. The minimum atomic E-state index is -0.170. The smallest absolute Gasteiger partial charge is 0.221 e. The van der Waals surface area contributed by atoms with Crippen molar-refractivity contribution in [3.8, 4) is 0 Å². The average molecular weight is 331 g/mol. The number of hydrogen-bond acceptors (Lipinski definition) is 4. The standard InChI is InChI=1S/C19H29N3O2/c20-19(24)16-5-2-8-22(12-16)11-15-4-1-3-14(9-15)10-21-18-7-6-17(18)13-23/h1,3-4,9,16-18,21,23H,2,5-8,10-13H2,(H2,20,24). The first kappa shape index (κ1) is 17.4. The molecule has 5 nitrogen and oxygen atoms in total. The van der Waals surface area contributed by atoms with Crippen molar-refractivity contribution in [1.29, 1.82) is 0 Å². The fraction of sp³-hybridized carbons (Fsp3) is 0.632. The number of amides is 1. The van der Waals surface area contributed by atoms with Gasteiger partial charge in [0.15, 0.2) is 0 Å². The average Bonchev–Trinajstić information content (AvgIpc) is 2.55. The van der Waals surface area contributed by atoms with Gasteiger partial charge in [-0.3, -0.25) is 9.69 Å². The molecular weight excluding hydrogens is 302 g/mol. The summed E-state index contributed by atoms with van der Waals surface area (Å²) in [6, 6.07) is 9.10. The molecule has 1 heterocycles. The van der Waals surface area contributed by atoms with E-state index in [1.165, 1.54) is 11.1 Å². The molecule has 1 saturated heterocycles. The molecule has 0 bridgehead atoms. The molecule has 132 valence electrons. The number of primary amides is 1. The van der Waals surface area contributed by atoms with Crippen molar-refractivity contribution in [2.75, 3.05) is 19.7 Å². The number of piperidine rings is 1. The van der Waals surface area contributed by atoms with Crippen LogP contribution in [0.15, 0.2) is 24.3 Å². The Bertz CT molecular complexity index is 561. The molecule has 24 heavy (non-hydrogen) atoms. The number of rotatable bonds is 7. The van der Waals surface area contributed by atoms with Crippen molar-refractivity contribution in [1.82, 2.24) is 10.2 Å². The molecule has 3 rings (SSSR count). The normalized spacial score (nSPS) is 27.6. The Labute approximate surface area is 144 Å². The molecule has 0 radical (unpaired) electrons. The summed E-state index contributed by atoms with van der Waals surface area (Å²) in [6.07, 6.45) is 4.25. The summed E-state index contributed by atoms with van der Waals surface area (Å²) in [5.74, 6) is 0.251. The van der Waals surface area contributed by atoms with Gasteiger partial charge in [-0.2, -0.15) is 0 Å². The first-order chi connectivity index (χ1) is 11.7.